The highest BCUT2D eigenvalue weighted by atomic mass is 35.5. The minimum absolute atomic E-state index is 0. The molecule has 1 saturated carbocycles. The number of piperidine rings is 1. The molecule has 1 saturated heterocycles. The highest BCUT2D eigenvalue weighted by molar-refractivity contribution is 5.94. The van der Waals surface area contributed by atoms with Crippen LogP contribution in [-0.4, -0.2) is 24.9 Å². The van der Waals surface area contributed by atoms with Gasteiger partial charge in [-0.3, -0.25) is 9.59 Å². The number of carbonyl (C=O) groups excluding carboxylic acids is 2. The Hall–Kier alpha value is -1.59. The van der Waals surface area contributed by atoms with Crippen LogP contribution >= 0.6 is 12.4 Å². The molecule has 1 aliphatic heterocycles. The van der Waals surface area contributed by atoms with Crippen LogP contribution < -0.4 is 16.0 Å². The highest BCUT2D eigenvalue weighted by Crippen LogP contribution is 2.30. The van der Waals surface area contributed by atoms with Crippen molar-refractivity contribution in [1.29, 1.82) is 0 Å². The summed E-state index contributed by atoms with van der Waals surface area (Å²) in [6.07, 6.45) is 5.00. The fraction of sp³-hybridized carbons (Fsp3) is 0.619. The van der Waals surface area contributed by atoms with Gasteiger partial charge in [-0.1, -0.05) is 19.1 Å². The second-order valence-corrected chi connectivity index (χ2v) is 7.96. The van der Waals surface area contributed by atoms with Crippen LogP contribution in [0.15, 0.2) is 24.3 Å². The van der Waals surface area contributed by atoms with E-state index in [4.69, 9.17) is 0 Å². The Morgan fingerprint density at radius 3 is 2.44 bits per heavy atom. The zero-order valence-corrected chi connectivity index (χ0v) is 17.1. The molecule has 0 bridgehead atoms. The van der Waals surface area contributed by atoms with Gasteiger partial charge in [-0.25, -0.2) is 0 Å². The molecule has 1 aromatic rings. The first-order valence-electron chi connectivity index (χ1n) is 9.94. The number of hydrogen-bond acceptors (Lipinski definition) is 3. The van der Waals surface area contributed by atoms with E-state index in [1.165, 1.54) is 12.8 Å². The van der Waals surface area contributed by atoms with Crippen molar-refractivity contribution in [2.24, 2.45) is 17.8 Å². The predicted octanol–water partition coefficient (Wildman–Crippen LogP) is 3.66. The van der Waals surface area contributed by atoms with Crippen molar-refractivity contribution in [1.82, 2.24) is 10.6 Å². The summed E-state index contributed by atoms with van der Waals surface area (Å²) in [5.41, 5.74) is 1.87. The van der Waals surface area contributed by atoms with Crippen LogP contribution in [0.2, 0.25) is 0 Å². The van der Waals surface area contributed by atoms with E-state index in [0.717, 1.165) is 37.2 Å². The monoisotopic (exact) mass is 393 g/mol. The van der Waals surface area contributed by atoms with E-state index in [1.54, 1.807) is 0 Å². The van der Waals surface area contributed by atoms with Crippen molar-refractivity contribution in [3.8, 4) is 0 Å². The molecular formula is C21H32ClN3O2. The van der Waals surface area contributed by atoms with E-state index < -0.39 is 0 Å². The lowest BCUT2D eigenvalue weighted by Gasteiger charge is -2.28. The molecule has 3 N–H and O–H groups in total. The Morgan fingerprint density at radius 2 is 1.85 bits per heavy atom. The highest BCUT2D eigenvalue weighted by Gasteiger charge is 2.29. The van der Waals surface area contributed by atoms with Crippen LogP contribution in [0, 0.1) is 17.8 Å². The first-order chi connectivity index (χ1) is 12.5. The number of nitrogens with one attached hydrogen (secondary N) is 3. The van der Waals surface area contributed by atoms with Gasteiger partial charge in [-0.2, -0.15) is 0 Å². The Balaban J connectivity index is 0.00000261. The number of rotatable bonds is 7. The largest absolute Gasteiger partial charge is 0.350 e. The van der Waals surface area contributed by atoms with E-state index in [2.05, 4.69) is 22.9 Å². The van der Waals surface area contributed by atoms with E-state index >= 15 is 0 Å². The quantitative estimate of drug-likeness (QED) is 0.662. The lowest BCUT2D eigenvalue weighted by Crippen LogP contribution is -2.36. The summed E-state index contributed by atoms with van der Waals surface area (Å²) < 4.78 is 0. The molecule has 1 aliphatic carbocycles. The average molecular weight is 394 g/mol. The van der Waals surface area contributed by atoms with Gasteiger partial charge in [-0.05, 0) is 75.2 Å². The first kappa shape index (κ1) is 21.7. The van der Waals surface area contributed by atoms with Crippen molar-refractivity contribution >= 4 is 29.9 Å². The zero-order chi connectivity index (χ0) is 18.5. The normalized spacial score (nSPS) is 21.5. The van der Waals surface area contributed by atoms with Crippen LogP contribution in [0.1, 0.15) is 57.6 Å². The summed E-state index contributed by atoms with van der Waals surface area (Å²) in [5, 5.41) is 9.47. The molecule has 0 aromatic heterocycles. The van der Waals surface area contributed by atoms with Crippen LogP contribution in [0.25, 0.3) is 0 Å². The van der Waals surface area contributed by atoms with Crippen molar-refractivity contribution in [2.45, 2.75) is 52.0 Å². The maximum atomic E-state index is 12.4. The van der Waals surface area contributed by atoms with E-state index in [1.807, 2.05) is 31.2 Å². The number of anilines is 1. The SMILES string of the molecule is CC(NC(=O)CC(C)C1CCCNC1)c1ccc(NC(=O)C2CC2)cc1.Cl. The number of halogens is 1. The summed E-state index contributed by atoms with van der Waals surface area (Å²) >= 11 is 0. The third-order valence-electron chi connectivity index (χ3n) is 5.65. The minimum atomic E-state index is -0.0348. The molecule has 1 heterocycles. The number of benzene rings is 1. The molecule has 0 radical (unpaired) electrons. The second-order valence-electron chi connectivity index (χ2n) is 7.96. The van der Waals surface area contributed by atoms with Crippen molar-refractivity contribution in [2.75, 3.05) is 18.4 Å². The molecule has 1 aromatic carbocycles. The second kappa shape index (κ2) is 10.1. The Bertz CT molecular complexity index is 625. The van der Waals surface area contributed by atoms with Gasteiger partial charge in [0.15, 0.2) is 0 Å². The van der Waals surface area contributed by atoms with E-state index in [9.17, 15) is 9.59 Å². The van der Waals surface area contributed by atoms with Crippen molar-refractivity contribution in [3.05, 3.63) is 29.8 Å². The fourth-order valence-electron chi connectivity index (χ4n) is 3.65. The molecule has 3 unspecified atom stereocenters. The summed E-state index contributed by atoms with van der Waals surface area (Å²) in [4.78, 5) is 24.2. The molecule has 6 heteroatoms. The van der Waals surface area contributed by atoms with Gasteiger partial charge >= 0.3 is 0 Å². The zero-order valence-electron chi connectivity index (χ0n) is 16.3. The molecule has 5 nitrogen and oxygen atoms in total. The van der Waals surface area contributed by atoms with Gasteiger partial charge in [-0.15, -0.1) is 12.4 Å². The van der Waals surface area contributed by atoms with Crippen molar-refractivity contribution < 1.29 is 9.59 Å². The summed E-state index contributed by atoms with van der Waals surface area (Å²) in [5.74, 6) is 1.43. The van der Waals surface area contributed by atoms with Gasteiger partial charge in [0.1, 0.15) is 0 Å². The topological polar surface area (TPSA) is 70.2 Å². The molecule has 27 heavy (non-hydrogen) atoms. The van der Waals surface area contributed by atoms with Gasteiger partial charge < -0.3 is 16.0 Å². The molecule has 150 valence electrons. The van der Waals surface area contributed by atoms with Crippen molar-refractivity contribution in [3.63, 3.8) is 0 Å². The fourth-order valence-corrected chi connectivity index (χ4v) is 3.65. The summed E-state index contributed by atoms with van der Waals surface area (Å²) in [6, 6.07) is 7.74. The molecule has 3 atom stereocenters. The van der Waals surface area contributed by atoms with Crippen LogP contribution in [0.3, 0.4) is 0 Å². The lowest BCUT2D eigenvalue weighted by molar-refractivity contribution is -0.123. The third kappa shape index (κ3) is 6.51. The number of hydrogen-bond donors (Lipinski definition) is 3. The molecule has 2 amide bonds. The molecular weight excluding hydrogens is 362 g/mol. The molecule has 2 fully saturated rings. The van der Waals surface area contributed by atoms with E-state index in [0.29, 0.717) is 18.3 Å². The van der Waals surface area contributed by atoms with Crippen LogP contribution in [0.5, 0.6) is 0 Å². The van der Waals surface area contributed by atoms with Crippen LogP contribution in [0.4, 0.5) is 5.69 Å². The van der Waals surface area contributed by atoms with E-state index in [-0.39, 0.29) is 36.2 Å². The average Bonchev–Trinajstić information content (AvgIpc) is 3.48. The number of amides is 2. The molecule has 0 spiro atoms. The summed E-state index contributed by atoms with van der Waals surface area (Å²) in [7, 11) is 0. The third-order valence-corrected chi connectivity index (χ3v) is 5.65. The summed E-state index contributed by atoms with van der Waals surface area (Å²) in [6.45, 7) is 6.31. The Kier molecular flexibility index (Phi) is 8.11. The number of carbonyl (C=O) groups is 2. The Labute approximate surface area is 168 Å². The Morgan fingerprint density at radius 1 is 1.15 bits per heavy atom. The lowest BCUT2D eigenvalue weighted by atomic mass is 9.85. The predicted molar refractivity (Wildman–Crippen MR) is 111 cm³/mol. The smallest absolute Gasteiger partial charge is 0.227 e. The van der Waals surface area contributed by atoms with Gasteiger partial charge in [0.05, 0.1) is 6.04 Å². The first-order valence-corrected chi connectivity index (χ1v) is 9.94. The van der Waals surface area contributed by atoms with Gasteiger partial charge in [0.2, 0.25) is 11.8 Å². The maximum absolute atomic E-state index is 12.4. The van der Waals surface area contributed by atoms with Gasteiger partial charge in [0, 0.05) is 18.0 Å². The minimum Gasteiger partial charge on any atom is -0.350 e. The maximum Gasteiger partial charge on any atom is 0.227 e. The molecule has 3 rings (SSSR count). The standard InChI is InChI=1S/C21H31N3O2.ClH/c1-14(18-4-3-11-22-13-18)12-20(25)23-15(2)16-7-9-19(10-8-16)24-21(26)17-5-6-17;/h7-10,14-15,17-18,22H,3-6,11-13H2,1-2H3,(H,23,25)(H,24,26);1H. The van der Waals surface area contributed by atoms with Gasteiger partial charge in [0.25, 0.3) is 0 Å². The molecule has 2 aliphatic rings. The van der Waals surface area contributed by atoms with Crippen LogP contribution in [-0.2, 0) is 9.59 Å².